The van der Waals surface area contributed by atoms with Gasteiger partial charge in [0.1, 0.15) is 5.82 Å². The van der Waals surface area contributed by atoms with Gasteiger partial charge >= 0.3 is 6.03 Å². The highest BCUT2D eigenvalue weighted by atomic mass is 19.1. The maximum atomic E-state index is 13.2. The third-order valence-electron chi connectivity index (χ3n) is 4.81. The third-order valence-corrected chi connectivity index (χ3v) is 4.81. The number of amides is 2. The van der Waals surface area contributed by atoms with Gasteiger partial charge in [0.2, 0.25) is 0 Å². The highest BCUT2D eigenvalue weighted by Gasteiger charge is 2.29. The number of nitrogens with zero attached hydrogens (tertiary/aromatic N) is 1. The summed E-state index contributed by atoms with van der Waals surface area (Å²) in [6.07, 6.45) is 3.91. The van der Waals surface area contributed by atoms with Gasteiger partial charge in [-0.3, -0.25) is 0 Å². The minimum absolute atomic E-state index is 0.0600. The van der Waals surface area contributed by atoms with Crippen LogP contribution in [0.25, 0.3) is 0 Å². The first kappa shape index (κ1) is 17.2. The molecule has 0 bridgehead atoms. The van der Waals surface area contributed by atoms with Crippen molar-refractivity contribution in [1.29, 1.82) is 0 Å². The molecule has 2 amide bonds. The molecule has 6 heteroatoms. The van der Waals surface area contributed by atoms with E-state index in [1.165, 1.54) is 12.1 Å². The zero-order valence-electron chi connectivity index (χ0n) is 14.1. The van der Waals surface area contributed by atoms with Crippen LogP contribution in [-0.2, 0) is 4.74 Å². The summed E-state index contributed by atoms with van der Waals surface area (Å²) in [4.78, 5) is 14.7. The number of piperidine rings is 1. The van der Waals surface area contributed by atoms with Gasteiger partial charge in [0.25, 0.3) is 0 Å². The number of rotatable bonds is 4. The second-order valence-corrected chi connectivity index (χ2v) is 6.80. The molecule has 0 spiro atoms. The maximum Gasteiger partial charge on any atom is 0.315 e. The van der Waals surface area contributed by atoms with E-state index >= 15 is 0 Å². The minimum atomic E-state index is -0.278. The smallest absolute Gasteiger partial charge is 0.315 e. The molecule has 2 N–H and O–H groups in total. The lowest BCUT2D eigenvalue weighted by atomic mass is 9.99. The monoisotopic (exact) mass is 335 g/mol. The van der Waals surface area contributed by atoms with Gasteiger partial charge in [-0.1, -0.05) is 12.1 Å². The summed E-state index contributed by atoms with van der Waals surface area (Å²) in [6.45, 7) is 2.65. The molecule has 3 rings (SSSR count). The zero-order valence-corrected chi connectivity index (χ0v) is 14.1. The van der Waals surface area contributed by atoms with Crippen molar-refractivity contribution in [3.63, 3.8) is 0 Å². The Kier molecular flexibility index (Phi) is 5.68. The summed E-state index contributed by atoms with van der Waals surface area (Å²) in [5, 5.41) is 6.10. The first-order valence-corrected chi connectivity index (χ1v) is 8.74. The van der Waals surface area contributed by atoms with E-state index in [0.717, 1.165) is 44.3 Å². The largest absolute Gasteiger partial charge is 0.376 e. The van der Waals surface area contributed by atoms with Gasteiger partial charge in [-0.05, 0) is 57.0 Å². The van der Waals surface area contributed by atoms with Crippen molar-refractivity contribution in [3.8, 4) is 0 Å². The SMILES string of the molecule is CN1CCCC(NC(=O)NC(c2ccc(F)cc2)C2CCCO2)C1. The molecule has 2 saturated heterocycles. The van der Waals surface area contributed by atoms with Gasteiger partial charge in [0.05, 0.1) is 12.1 Å². The van der Waals surface area contributed by atoms with E-state index in [2.05, 4.69) is 22.6 Å². The summed E-state index contributed by atoms with van der Waals surface area (Å²) < 4.78 is 19.0. The Balaban J connectivity index is 1.64. The Bertz CT molecular complexity index is 546. The average molecular weight is 335 g/mol. The number of urea groups is 1. The topological polar surface area (TPSA) is 53.6 Å². The minimum Gasteiger partial charge on any atom is -0.376 e. The fraction of sp³-hybridized carbons (Fsp3) is 0.611. The van der Waals surface area contributed by atoms with Crippen molar-refractivity contribution >= 4 is 6.03 Å². The highest BCUT2D eigenvalue weighted by molar-refractivity contribution is 5.75. The van der Waals surface area contributed by atoms with Crippen molar-refractivity contribution in [2.45, 2.75) is 43.9 Å². The Morgan fingerprint density at radius 3 is 2.75 bits per heavy atom. The normalized spacial score (nSPS) is 26.1. The quantitative estimate of drug-likeness (QED) is 0.889. The Hall–Kier alpha value is -1.66. The number of halogens is 1. The van der Waals surface area contributed by atoms with E-state index in [1.54, 1.807) is 12.1 Å². The van der Waals surface area contributed by atoms with Crippen LogP contribution in [0.2, 0.25) is 0 Å². The molecule has 0 aromatic heterocycles. The molecule has 24 heavy (non-hydrogen) atoms. The molecule has 1 aromatic carbocycles. The first-order chi connectivity index (χ1) is 11.6. The van der Waals surface area contributed by atoms with Crippen LogP contribution in [0.5, 0.6) is 0 Å². The molecule has 2 aliphatic rings. The summed E-state index contributed by atoms with van der Waals surface area (Å²) in [6, 6.07) is 6.02. The Morgan fingerprint density at radius 2 is 2.08 bits per heavy atom. The van der Waals surface area contributed by atoms with Crippen molar-refractivity contribution in [3.05, 3.63) is 35.6 Å². The van der Waals surface area contributed by atoms with Gasteiger partial charge < -0.3 is 20.3 Å². The summed E-state index contributed by atoms with van der Waals surface area (Å²) in [5.41, 5.74) is 0.874. The molecule has 5 nitrogen and oxygen atoms in total. The molecular formula is C18H26FN3O2. The summed E-state index contributed by atoms with van der Waals surface area (Å²) in [5.74, 6) is -0.278. The second-order valence-electron chi connectivity index (χ2n) is 6.80. The van der Waals surface area contributed by atoms with E-state index in [0.29, 0.717) is 6.61 Å². The molecule has 2 aliphatic heterocycles. The molecule has 132 valence electrons. The van der Waals surface area contributed by atoms with E-state index in [1.807, 2.05) is 0 Å². The highest BCUT2D eigenvalue weighted by Crippen LogP contribution is 2.27. The zero-order chi connectivity index (χ0) is 16.9. The van der Waals surface area contributed by atoms with Gasteiger partial charge in [-0.2, -0.15) is 0 Å². The number of hydrogen-bond donors (Lipinski definition) is 2. The third kappa shape index (κ3) is 4.45. The van der Waals surface area contributed by atoms with Crippen molar-refractivity contribution in [1.82, 2.24) is 15.5 Å². The number of likely N-dealkylation sites (tertiary alicyclic amines) is 1. The van der Waals surface area contributed by atoms with Crippen molar-refractivity contribution in [2.24, 2.45) is 0 Å². The molecule has 0 radical (unpaired) electrons. The summed E-state index contributed by atoms with van der Waals surface area (Å²) in [7, 11) is 2.07. The Morgan fingerprint density at radius 1 is 1.29 bits per heavy atom. The van der Waals surface area contributed by atoms with E-state index in [9.17, 15) is 9.18 Å². The predicted octanol–water partition coefficient (Wildman–Crippen LogP) is 2.44. The molecule has 3 atom stereocenters. The standard InChI is InChI=1S/C18H26FN3O2/c1-22-10-2-4-15(12-22)20-18(23)21-17(16-5-3-11-24-16)13-6-8-14(19)9-7-13/h6-9,15-17H,2-5,10-12H2,1H3,(H2,20,21,23). The van der Waals surface area contributed by atoms with Crippen LogP contribution in [-0.4, -0.2) is 49.8 Å². The molecule has 0 aliphatic carbocycles. The second kappa shape index (κ2) is 7.94. The fourth-order valence-electron chi connectivity index (χ4n) is 3.58. The van der Waals surface area contributed by atoms with Crippen LogP contribution in [0.4, 0.5) is 9.18 Å². The van der Waals surface area contributed by atoms with Gasteiger partial charge in [-0.15, -0.1) is 0 Å². The van der Waals surface area contributed by atoms with Crippen LogP contribution in [0.1, 0.15) is 37.3 Å². The maximum absolute atomic E-state index is 13.2. The number of carbonyl (C=O) groups is 1. The van der Waals surface area contributed by atoms with Crippen molar-refractivity contribution < 1.29 is 13.9 Å². The first-order valence-electron chi connectivity index (χ1n) is 8.74. The van der Waals surface area contributed by atoms with E-state index in [4.69, 9.17) is 4.74 Å². The van der Waals surface area contributed by atoms with Gasteiger partial charge in [0, 0.05) is 19.2 Å². The number of carbonyl (C=O) groups excluding carboxylic acids is 1. The Labute approximate surface area is 142 Å². The van der Waals surface area contributed by atoms with Crippen LogP contribution in [0.3, 0.4) is 0 Å². The number of likely N-dealkylation sites (N-methyl/N-ethyl adjacent to an activating group) is 1. The number of benzene rings is 1. The molecular weight excluding hydrogens is 309 g/mol. The lowest BCUT2D eigenvalue weighted by molar-refractivity contribution is 0.0802. The van der Waals surface area contributed by atoms with Crippen molar-refractivity contribution in [2.75, 3.05) is 26.7 Å². The van der Waals surface area contributed by atoms with Crippen LogP contribution in [0.15, 0.2) is 24.3 Å². The predicted molar refractivity (Wildman–Crippen MR) is 90.3 cm³/mol. The number of hydrogen-bond acceptors (Lipinski definition) is 3. The molecule has 3 unspecified atom stereocenters. The molecule has 2 heterocycles. The van der Waals surface area contributed by atoms with Gasteiger partial charge in [-0.25, -0.2) is 9.18 Å². The number of ether oxygens (including phenoxy) is 1. The van der Waals surface area contributed by atoms with Crippen LogP contribution >= 0.6 is 0 Å². The van der Waals surface area contributed by atoms with Crippen LogP contribution < -0.4 is 10.6 Å². The van der Waals surface area contributed by atoms with E-state index < -0.39 is 0 Å². The molecule has 2 fully saturated rings. The molecule has 1 aromatic rings. The van der Waals surface area contributed by atoms with Gasteiger partial charge in [0.15, 0.2) is 0 Å². The van der Waals surface area contributed by atoms with Crippen LogP contribution in [0, 0.1) is 5.82 Å². The fourth-order valence-corrected chi connectivity index (χ4v) is 3.58. The van der Waals surface area contributed by atoms with E-state index in [-0.39, 0.29) is 30.0 Å². The lowest BCUT2D eigenvalue weighted by Crippen LogP contribution is -2.51. The average Bonchev–Trinajstić information content (AvgIpc) is 3.08. The lowest BCUT2D eigenvalue weighted by Gasteiger charge is -2.31. The number of nitrogens with one attached hydrogen (secondary N) is 2. The molecule has 0 saturated carbocycles. The summed E-state index contributed by atoms with van der Waals surface area (Å²) >= 11 is 0.